The monoisotopic (exact) mass is 387 g/mol. The Balaban J connectivity index is 0.000000143. The zero-order valence-corrected chi connectivity index (χ0v) is 15.1. The lowest BCUT2D eigenvalue weighted by molar-refractivity contribution is 0.0683. The summed E-state index contributed by atoms with van der Waals surface area (Å²) < 4.78 is 10.3. The number of fused-ring (bicyclic) bond motifs is 4. The topological polar surface area (TPSA) is 128 Å². The Bertz CT molecular complexity index is 1090. The summed E-state index contributed by atoms with van der Waals surface area (Å²) in [6, 6.07) is 5.72. The van der Waals surface area contributed by atoms with Crippen LogP contribution in [0, 0.1) is 0 Å². The molecule has 27 heavy (non-hydrogen) atoms. The second-order valence-electron chi connectivity index (χ2n) is 6.15. The number of H-pyrrole nitrogens is 1. The Hall–Kier alpha value is -2.91. The van der Waals surface area contributed by atoms with E-state index in [0.717, 1.165) is 41.9 Å². The quantitative estimate of drug-likeness (QED) is 0.614. The lowest BCUT2D eigenvalue weighted by Gasteiger charge is -1.97. The first kappa shape index (κ1) is 17.5. The zero-order valence-electron chi connectivity index (χ0n) is 14.3. The van der Waals surface area contributed by atoms with Crippen LogP contribution in [0.5, 0.6) is 11.5 Å². The summed E-state index contributed by atoms with van der Waals surface area (Å²) in [7, 11) is 0. The van der Waals surface area contributed by atoms with Crippen LogP contribution in [-0.2, 0) is 19.4 Å². The van der Waals surface area contributed by atoms with Gasteiger partial charge in [0.05, 0.1) is 5.39 Å². The number of carboxylic acid groups (broad SMARTS) is 1. The van der Waals surface area contributed by atoms with Gasteiger partial charge in [-0.2, -0.15) is 0 Å². The molecule has 3 heterocycles. The molecule has 140 valence electrons. The number of nitrogens with zero attached hydrogens (tertiary/aromatic N) is 1. The number of thiophene rings is 1. The highest BCUT2D eigenvalue weighted by molar-refractivity contribution is 7.18. The maximum atomic E-state index is 11.8. The highest BCUT2D eigenvalue weighted by Crippen LogP contribution is 2.34. The first-order chi connectivity index (χ1) is 13.1. The first-order valence-corrected chi connectivity index (χ1v) is 9.25. The molecule has 8 nitrogen and oxygen atoms in total. The molecule has 3 aromatic rings. The summed E-state index contributed by atoms with van der Waals surface area (Å²) in [5.41, 5.74) is 7.24. The third-order valence-electron chi connectivity index (χ3n) is 4.45. The third kappa shape index (κ3) is 3.26. The van der Waals surface area contributed by atoms with Crippen molar-refractivity contribution in [3.8, 4) is 11.5 Å². The van der Waals surface area contributed by atoms with Gasteiger partial charge in [-0.3, -0.25) is 4.79 Å². The van der Waals surface area contributed by atoms with Gasteiger partial charge >= 0.3 is 5.97 Å². The predicted molar refractivity (Wildman–Crippen MR) is 99.7 cm³/mol. The fraction of sp³-hybridized carbons (Fsp3) is 0.278. The molecule has 0 amide bonds. The van der Waals surface area contributed by atoms with E-state index in [9.17, 15) is 9.59 Å². The minimum Gasteiger partial charge on any atom is -0.475 e. The maximum Gasteiger partial charge on any atom is 0.372 e. The van der Waals surface area contributed by atoms with Crippen LogP contribution in [0.15, 0.2) is 23.0 Å². The molecule has 0 spiro atoms. The van der Waals surface area contributed by atoms with Crippen LogP contribution < -0.4 is 20.8 Å². The van der Waals surface area contributed by atoms with Crippen LogP contribution >= 0.6 is 11.3 Å². The Morgan fingerprint density at radius 2 is 2.11 bits per heavy atom. The van der Waals surface area contributed by atoms with E-state index in [0.29, 0.717) is 23.6 Å². The van der Waals surface area contributed by atoms with Gasteiger partial charge in [-0.05, 0) is 42.5 Å². The summed E-state index contributed by atoms with van der Waals surface area (Å²) in [4.78, 5) is 30.5. The zero-order chi connectivity index (χ0) is 19.0. The van der Waals surface area contributed by atoms with E-state index in [1.807, 2.05) is 18.2 Å². The molecule has 4 N–H and O–H groups in total. The Labute approximate surface area is 157 Å². The first-order valence-electron chi connectivity index (χ1n) is 8.43. The Kier molecular flexibility index (Phi) is 4.54. The van der Waals surface area contributed by atoms with Crippen LogP contribution in [0.1, 0.15) is 33.0 Å². The molecule has 0 fully saturated rings. The number of nitrogens with one attached hydrogen (secondary N) is 1. The number of aromatic carboxylic acids is 1. The van der Waals surface area contributed by atoms with Crippen molar-refractivity contribution in [1.29, 1.82) is 0 Å². The van der Waals surface area contributed by atoms with E-state index in [4.69, 9.17) is 20.3 Å². The number of carbonyl (C=O) groups is 1. The van der Waals surface area contributed by atoms with Gasteiger partial charge in [0.2, 0.25) is 12.6 Å². The number of hydrogen-bond donors (Lipinski definition) is 3. The fourth-order valence-corrected chi connectivity index (χ4v) is 4.43. The molecular weight excluding hydrogens is 370 g/mol. The second kappa shape index (κ2) is 7.01. The summed E-state index contributed by atoms with van der Waals surface area (Å²) in [6.07, 6.45) is 2.93. The van der Waals surface area contributed by atoms with E-state index in [-0.39, 0.29) is 11.4 Å². The summed E-state index contributed by atoms with van der Waals surface area (Å²) in [6.45, 7) is 0.861. The van der Waals surface area contributed by atoms with Gasteiger partial charge in [0.15, 0.2) is 11.5 Å². The number of nitrogens with two attached hydrogens (primary N) is 1. The van der Waals surface area contributed by atoms with Gasteiger partial charge in [0.1, 0.15) is 4.83 Å². The van der Waals surface area contributed by atoms with Crippen LogP contribution in [0.2, 0.25) is 0 Å². The normalized spacial score (nSPS) is 14.0. The minimum atomic E-state index is -1.20. The molecule has 2 aliphatic rings. The molecule has 1 aliphatic heterocycles. The molecule has 1 aromatic carbocycles. The number of hydrogen-bond acceptors (Lipinski definition) is 7. The number of aromatic nitrogens is 2. The van der Waals surface area contributed by atoms with Crippen molar-refractivity contribution < 1.29 is 19.4 Å². The van der Waals surface area contributed by atoms with Gasteiger partial charge in [-0.1, -0.05) is 6.07 Å². The van der Waals surface area contributed by atoms with E-state index in [1.165, 1.54) is 16.2 Å². The molecule has 2 aromatic heterocycles. The van der Waals surface area contributed by atoms with E-state index >= 15 is 0 Å². The third-order valence-corrected chi connectivity index (χ3v) is 5.64. The minimum absolute atomic E-state index is 0.280. The Morgan fingerprint density at radius 3 is 2.89 bits per heavy atom. The molecule has 0 radical (unpaired) electrons. The van der Waals surface area contributed by atoms with Gasteiger partial charge < -0.3 is 25.3 Å². The molecule has 0 saturated heterocycles. The second-order valence-corrected chi connectivity index (χ2v) is 7.23. The van der Waals surface area contributed by atoms with Crippen molar-refractivity contribution in [2.24, 2.45) is 5.73 Å². The molecule has 0 bridgehead atoms. The number of rotatable bonds is 2. The number of aromatic amines is 1. The standard InChI is InChI=1S/C10H8N2O3S.C8H9NO2/c13-8-6-4-2-1-3-5(4)16-9(6)12-7(11-8)10(14)15;9-4-6-1-2-7-8(3-6)11-5-10-7/h1-3H2,(H,14,15)(H,11,12,13);1-3H,4-5,9H2. The van der Waals surface area contributed by atoms with Crippen molar-refractivity contribution in [1.82, 2.24) is 9.97 Å². The van der Waals surface area contributed by atoms with Crippen LogP contribution in [-0.4, -0.2) is 27.8 Å². The van der Waals surface area contributed by atoms with Crippen molar-refractivity contribution >= 4 is 27.5 Å². The van der Waals surface area contributed by atoms with Crippen molar-refractivity contribution in [3.05, 3.63) is 50.4 Å². The summed E-state index contributed by atoms with van der Waals surface area (Å²) in [5, 5.41) is 9.37. The largest absolute Gasteiger partial charge is 0.475 e. The summed E-state index contributed by atoms with van der Waals surface area (Å²) in [5.74, 6) is 0.125. The van der Waals surface area contributed by atoms with Crippen molar-refractivity contribution in [3.63, 3.8) is 0 Å². The highest BCUT2D eigenvalue weighted by Gasteiger charge is 2.22. The summed E-state index contributed by atoms with van der Waals surface area (Å²) >= 11 is 1.44. The molecule has 5 rings (SSSR count). The molecular formula is C18H17N3O5S. The highest BCUT2D eigenvalue weighted by atomic mass is 32.1. The fourth-order valence-electron chi connectivity index (χ4n) is 3.17. The average Bonchev–Trinajstić information content (AvgIpc) is 3.36. The lowest BCUT2D eigenvalue weighted by atomic mass is 10.2. The van der Waals surface area contributed by atoms with Gasteiger partial charge in [-0.15, -0.1) is 11.3 Å². The van der Waals surface area contributed by atoms with Gasteiger partial charge in [0.25, 0.3) is 5.56 Å². The molecule has 0 atom stereocenters. The van der Waals surface area contributed by atoms with Crippen molar-refractivity contribution in [2.75, 3.05) is 6.79 Å². The van der Waals surface area contributed by atoms with Gasteiger partial charge in [-0.25, -0.2) is 9.78 Å². The SMILES string of the molecule is NCc1ccc2c(c1)OCO2.O=C(O)c1nc2sc3c(c2c(=O)[nH]1)CCC3. The van der Waals surface area contributed by atoms with E-state index in [2.05, 4.69) is 9.97 Å². The van der Waals surface area contributed by atoms with E-state index in [1.54, 1.807) is 0 Å². The predicted octanol–water partition coefficient (Wildman–Crippen LogP) is 2.05. The number of ether oxygens (including phenoxy) is 2. The van der Waals surface area contributed by atoms with Crippen LogP contribution in [0.25, 0.3) is 10.2 Å². The lowest BCUT2D eigenvalue weighted by Crippen LogP contribution is -2.15. The molecule has 0 unspecified atom stereocenters. The number of benzene rings is 1. The average molecular weight is 387 g/mol. The van der Waals surface area contributed by atoms with Gasteiger partial charge in [0, 0.05) is 11.4 Å². The van der Waals surface area contributed by atoms with Crippen LogP contribution in [0.3, 0.4) is 0 Å². The van der Waals surface area contributed by atoms with Crippen molar-refractivity contribution in [2.45, 2.75) is 25.8 Å². The smallest absolute Gasteiger partial charge is 0.372 e. The number of aryl methyl sites for hydroxylation is 2. The Morgan fingerprint density at radius 1 is 1.30 bits per heavy atom. The van der Waals surface area contributed by atoms with E-state index < -0.39 is 5.97 Å². The van der Waals surface area contributed by atoms with Crippen LogP contribution in [0.4, 0.5) is 0 Å². The molecule has 9 heteroatoms. The maximum absolute atomic E-state index is 11.8. The molecule has 0 saturated carbocycles. The number of carboxylic acids is 1. The molecule has 1 aliphatic carbocycles.